The van der Waals surface area contributed by atoms with E-state index in [-0.39, 0.29) is 23.9 Å². The number of hydrogen-bond donors (Lipinski definition) is 1. The van der Waals surface area contributed by atoms with Crippen LogP contribution in [0.3, 0.4) is 0 Å². The molecular formula is C24H28N6O3. The highest BCUT2D eigenvalue weighted by atomic mass is 16.5. The number of nitrogens with one attached hydrogen (secondary N) is 1. The van der Waals surface area contributed by atoms with Gasteiger partial charge in [-0.1, -0.05) is 0 Å². The SMILES string of the molecule is Cc1cnc2cc(N3CCOCC3)nc(O[C@H]3CC[C@@H](NC(=O)c4ncccn4)CC3)c2c1. The van der Waals surface area contributed by atoms with Gasteiger partial charge in [0.25, 0.3) is 5.91 Å². The fourth-order valence-corrected chi connectivity index (χ4v) is 4.38. The van der Waals surface area contributed by atoms with Crippen molar-refractivity contribution in [1.29, 1.82) is 0 Å². The molecule has 172 valence electrons. The molecule has 5 rings (SSSR count). The average molecular weight is 449 g/mol. The van der Waals surface area contributed by atoms with Crippen molar-refractivity contribution in [3.05, 3.63) is 48.2 Å². The number of aryl methyl sites for hydroxylation is 1. The Hall–Kier alpha value is -3.33. The predicted molar refractivity (Wildman–Crippen MR) is 123 cm³/mol. The van der Waals surface area contributed by atoms with Crippen LogP contribution in [0, 0.1) is 6.92 Å². The molecule has 1 saturated heterocycles. The Labute approximate surface area is 192 Å². The first-order chi connectivity index (χ1) is 16.2. The zero-order chi connectivity index (χ0) is 22.6. The Balaban J connectivity index is 1.28. The standard InChI is InChI=1S/C24H28N6O3/c1-16-13-19-20(27-15-16)14-21(30-9-11-32-12-10-30)29-24(19)33-18-5-3-17(4-6-18)28-23(31)22-25-7-2-8-26-22/h2,7-8,13-15,17-18H,3-6,9-12H2,1H3,(H,28,31)/t17-,18+. The van der Waals surface area contributed by atoms with Gasteiger partial charge in [-0.3, -0.25) is 9.78 Å². The highest BCUT2D eigenvalue weighted by Gasteiger charge is 2.26. The van der Waals surface area contributed by atoms with Crippen LogP contribution in [-0.4, -0.2) is 64.3 Å². The molecule has 0 unspecified atom stereocenters. The molecule has 1 amide bonds. The number of carbonyl (C=O) groups excluding carboxylic acids is 1. The van der Waals surface area contributed by atoms with Crippen LogP contribution in [0.15, 0.2) is 36.8 Å². The van der Waals surface area contributed by atoms with E-state index in [0.717, 1.165) is 61.1 Å². The van der Waals surface area contributed by atoms with Crippen LogP contribution in [0.4, 0.5) is 5.82 Å². The summed E-state index contributed by atoms with van der Waals surface area (Å²) in [5.74, 6) is 1.48. The van der Waals surface area contributed by atoms with Crippen molar-refractivity contribution >= 4 is 22.6 Å². The number of morpholine rings is 1. The molecule has 3 aromatic heterocycles. The quantitative estimate of drug-likeness (QED) is 0.636. The van der Waals surface area contributed by atoms with Crippen LogP contribution in [-0.2, 0) is 4.74 Å². The van der Waals surface area contributed by atoms with Crippen LogP contribution in [0.1, 0.15) is 41.9 Å². The van der Waals surface area contributed by atoms with E-state index < -0.39 is 0 Å². The molecule has 3 aromatic rings. The molecule has 2 fully saturated rings. The molecular weight excluding hydrogens is 420 g/mol. The Morgan fingerprint density at radius 3 is 2.61 bits per heavy atom. The number of fused-ring (bicyclic) bond motifs is 1. The summed E-state index contributed by atoms with van der Waals surface area (Å²) in [5, 5.41) is 3.98. The Kier molecular flexibility index (Phi) is 6.30. The number of hydrogen-bond acceptors (Lipinski definition) is 8. The molecule has 0 spiro atoms. The summed E-state index contributed by atoms with van der Waals surface area (Å²) in [4.78, 5) is 32.1. The van der Waals surface area contributed by atoms with Crippen LogP contribution in [0.25, 0.3) is 10.9 Å². The van der Waals surface area contributed by atoms with Crippen LogP contribution in [0.2, 0.25) is 0 Å². The normalized spacial score (nSPS) is 21.1. The van der Waals surface area contributed by atoms with Gasteiger partial charge in [-0.25, -0.2) is 9.97 Å². The van der Waals surface area contributed by atoms with Gasteiger partial charge in [0.2, 0.25) is 11.7 Å². The molecule has 4 heterocycles. The van der Waals surface area contributed by atoms with Crippen molar-refractivity contribution < 1.29 is 14.3 Å². The van der Waals surface area contributed by atoms with Gasteiger partial charge in [-0.05, 0) is 50.3 Å². The van der Waals surface area contributed by atoms with Gasteiger partial charge < -0.3 is 19.7 Å². The van der Waals surface area contributed by atoms with Crippen molar-refractivity contribution in [2.24, 2.45) is 0 Å². The molecule has 1 aliphatic carbocycles. The van der Waals surface area contributed by atoms with Crippen molar-refractivity contribution in [1.82, 2.24) is 25.3 Å². The molecule has 9 heteroatoms. The van der Waals surface area contributed by atoms with E-state index in [9.17, 15) is 4.79 Å². The van der Waals surface area contributed by atoms with E-state index in [1.54, 1.807) is 18.5 Å². The molecule has 0 bridgehead atoms. The minimum absolute atomic E-state index is 0.0438. The van der Waals surface area contributed by atoms with Gasteiger partial charge in [-0.15, -0.1) is 0 Å². The summed E-state index contributed by atoms with van der Waals surface area (Å²) in [6, 6.07) is 5.90. The summed E-state index contributed by atoms with van der Waals surface area (Å²) >= 11 is 0. The Morgan fingerprint density at radius 2 is 1.85 bits per heavy atom. The second kappa shape index (κ2) is 9.66. The van der Waals surface area contributed by atoms with Crippen molar-refractivity contribution in [2.45, 2.75) is 44.8 Å². The van der Waals surface area contributed by atoms with E-state index in [0.29, 0.717) is 19.1 Å². The molecule has 1 aliphatic heterocycles. The lowest BCUT2D eigenvalue weighted by Crippen LogP contribution is -2.40. The predicted octanol–water partition coefficient (Wildman–Crippen LogP) is 2.68. The van der Waals surface area contributed by atoms with Gasteiger partial charge >= 0.3 is 0 Å². The number of rotatable bonds is 5. The maximum atomic E-state index is 12.4. The Morgan fingerprint density at radius 1 is 1.09 bits per heavy atom. The number of nitrogens with zero attached hydrogens (tertiary/aromatic N) is 5. The van der Waals surface area contributed by atoms with E-state index in [2.05, 4.69) is 31.2 Å². The van der Waals surface area contributed by atoms with Gasteiger partial charge in [0.15, 0.2) is 0 Å². The lowest BCUT2D eigenvalue weighted by Gasteiger charge is -2.31. The van der Waals surface area contributed by atoms with E-state index in [4.69, 9.17) is 14.5 Å². The summed E-state index contributed by atoms with van der Waals surface area (Å²) < 4.78 is 11.9. The van der Waals surface area contributed by atoms with Crippen molar-refractivity contribution in [3.8, 4) is 5.88 Å². The summed E-state index contributed by atoms with van der Waals surface area (Å²) in [5.41, 5.74) is 1.96. The number of aromatic nitrogens is 4. The monoisotopic (exact) mass is 448 g/mol. The lowest BCUT2D eigenvalue weighted by molar-refractivity contribution is 0.0881. The Bertz CT molecular complexity index is 1110. The first-order valence-electron chi connectivity index (χ1n) is 11.5. The molecule has 0 aromatic carbocycles. The number of ether oxygens (including phenoxy) is 2. The summed E-state index contributed by atoms with van der Waals surface area (Å²) in [6.07, 6.45) is 8.41. The number of amides is 1. The van der Waals surface area contributed by atoms with Crippen molar-refractivity contribution in [2.75, 3.05) is 31.2 Å². The van der Waals surface area contributed by atoms with E-state index >= 15 is 0 Å². The zero-order valence-corrected chi connectivity index (χ0v) is 18.7. The molecule has 2 aliphatic rings. The highest BCUT2D eigenvalue weighted by Crippen LogP contribution is 2.31. The van der Waals surface area contributed by atoms with Crippen molar-refractivity contribution in [3.63, 3.8) is 0 Å². The third-order valence-corrected chi connectivity index (χ3v) is 6.16. The van der Waals surface area contributed by atoms with Crippen LogP contribution < -0.4 is 15.0 Å². The molecule has 1 N–H and O–H groups in total. The minimum Gasteiger partial charge on any atom is -0.474 e. The minimum atomic E-state index is -0.229. The smallest absolute Gasteiger partial charge is 0.289 e. The molecule has 9 nitrogen and oxygen atoms in total. The molecule has 0 radical (unpaired) electrons. The third-order valence-electron chi connectivity index (χ3n) is 6.16. The van der Waals surface area contributed by atoms with Gasteiger partial charge in [0.1, 0.15) is 11.9 Å². The van der Waals surface area contributed by atoms with Crippen LogP contribution in [0.5, 0.6) is 5.88 Å². The topological polar surface area (TPSA) is 102 Å². The largest absolute Gasteiger partial charge is 0.474 e. The molecule has 0 atom stereocenters. The highest BCUT2D eigenvalue weighted by molar-refractivity contribution is 5.90. The number of pyridine rings is 2. The van der Waals surface area contributed by atoms with E-state index in [1.807, 2.05) is 19.2 Å². The summed E-state index contributed by atoms with van der Waals surface area (Å²) in [7, 11) is 0. The lowest BCUT2D eigenvalue weighted by atomic mass is 9.93. The average Bonchev–Trinajstić information content (AvgIpc) is 2.86. The maximum Gasteiger partial charge on any atom is 0.289 e. The zero-order valence-electron chi connectivity index (χ0n) is 18.7. The fraction of sp³-hybridized carbons (Fsp3) is 0.458. The molecule has 1 saturated carbocycles. The van der Waals surface area contributed by atoms with Gasteiger partial charge in [-0.2, -0.15) is 4.98 Å². The second-order valence-electron chi connectivity index (χ2n) is 8.60. The summed E-state index contributed by atoms with van der Waals surface area (Å²) in [6.45, 7) is 5.03. The first kappa shape index (κ1) is 21.5. The van der Waals surface area contributed by atoms with Gasteiger partial charge in [0.05, 0.1) is 24.1 Å². The fourth-order valence-electron chi connectivity index (χ4n) is 4.38. The van der Waals surface area contributed by atoms with Crippen LogP contribution >= 0.6 is 0 Å². The van der Waals surface area contributed by atoms with E-state index in [1.165, 1.54) is 0 Å². The number of anilines is 1. The first-order valence-corrected chi connectivity index (χ1v) is 11.5. The number of carbonyl (C=O) groups is 1. The molecule has 33 heavy (non-hydrogen) atoms. The third kappa shape index (κ3) is 5.03. The maximum absolute atomic E-state index is 12.4. The van der Waals surface area contributed by atoms with Gasteiger partial charge in [0, 0.05) is 43.8 Å². The second-order valence-corrected chi connectivity index (χ2v) is 8.60.